The zero-order valence-corrected chi connectivity index (χ0v) is 16.0. The molecule has 0 saturated carbocycles. The number of rotatable bonds is 1. The Morgan fingerprint density at radius 1 is 1.20 bits per heavy atom. The molecule has 1 fully saturated rings. The minimum atomic E-state index is -0.477. The number of hydrogen-bond donors (Lipinski definition) is 0. The summed E-state index contributed by atoms with van der Waals surface area (Å²) in [6.07, 6.45) is 2.95. The number of aliphatic imine (C=N–C) groups is 1. The van der Waals surface area contributed by atoms with Crippen LogP contribution in [0.25, 0.3) is 0 Å². The van der Waals surface area contributed by atoms with Crippen molar-refractivity contribution in [3.8, 4) is 0 Å². The number of hydrogen-bond acceptors (Lipinski definition) is 3. The smallest absolute Gasteiger partial charge is 0.265 e. The highest BCUT2D eigenvalue weighted by Gasteiger charge is 2.57. The van der Waals surface area contributed by atoms with Gasteiger partial charge in [0.15, 0.2) is 0 Å². The standard InChI is InChI=1S/C20H17BrN2OS/c21-15-8-9-16-14(11-15)12-20(17-7-4-10-23(16)17)19(24)22-18(25-20)13-5-2-1-3-6-13/h1-3,5-6,8-9,11,17H,4,7,10,12H2. The Morgan fingerprint density at radius 2 is 2.04 bits per heavy atom. The predicted molar refractivity (Wildman–Crippen MR) is 107 cm³/mol. The molecule has 1 amide bonds. The topological polar surface area (TPSA) is 32.7 Å². The van der Waals surface area contributed by atoms with Gasteiger partial charge in [-0.25, -0.2) is 4.99 Å². The Morgan fingerprint density at radius 3 is 2.88 bits per heavy atom. The SMILES string of the molecule is O=C1N=C(c2ccccc2)SC12Cc1cc(Br)ccc1N1CCCC12. The zero-order valence-electron chi connectivity index (χ0n) is 13.6. The molecule has 3 aliphatic rings. The maximum Gasteiger partial charge on any atom is 0.265 e. The van der Waals surface area contributed by atoms with Gasteiger partial charge in [-0.15, -0.1) is 0 Å². The van der Waals surface area contributed by atoms with Gasteiger partial charge in [0.25, 0.3) is 5.91 Å². The molecule has 2 unspecified atom stereocenters. The third-order valence-corrected chi connectivity index (χ3v) is 7.43. The van der Waals surface area contributed by atoms with Crippen LogP contribution in [-0.2, 0) is 11.2 Å². The Labute approximate surface area is 159 Å². The highest BCUT2D eigenvalue weighted by Crippen LogP contribution is 2.52. The lowest BCUT2D eigenvalue weighted by molar-refractivity contribution is -0.120. The average Bonchev–Trinajstić information content (AvgIpc) is 3.22. The largest absolute Gasteiger partial charge is 0.366 e. The molecular formula is C20H17BrN2OS. The molecule has 126 valence electrons. The van der Waals surface area contributed by atoms with Crippen LogP contribution in [0.5, 0.6) is 0 Å². The van der Waals surface area contributed by atoms with Gasteiger partial charge in [-0.2, -0.15) is 0 Å². The van der Waals surface area contributed by atoms with Crippen molar-refractivity contribution in [1.29, 1.82) is 0 Å². The maximum absolute atomic E-state index is 13.1. The van der Waals surface area contributed by atoms with Crippen LogP contribution in [0.15, 0.2) is 58.0 Å². The monoisotopic (exact) mass is 412 g/mol. The third-order valence-electron chi connectivity index (χ3n) is 5.46. The molecule has 5 heteroatoms. The molecule has 0 bridgehead atoms. The van der Waals surface area contributed by atoms with Crippen LogP contribution in [0.2, 0.25) is 0 Å². The summed E-state index contributed by atoms with van der Waals surface area (Å²) >= 11 is 5.27. The van der Waals surface area contributed by atoms with Crippen LogP contribution in [0.1, 0.15) is 24.0 Å². The highest BCUT2D eigenvalue weighted by atomic mass is 79.9. The number of halogens is 1. The van der Waals surface area contributed by atoms with Crippen LogP contribution in [-0.4, -0.2) is 28.3 Å². The molecule has 3 nitrogen and oxygen atoms in total. The number of fused-ring (bicyclic) bond motifs is 4. The van der Waals surface area contributed by atoms with Crippen LogP contribution in [0, 0.1) is 0 Å². The Balaban J connectivity index is 1.59. The lowest BCUT2D eigenvalue weighted by Crippen LogP contribution is -2.55. The number of amides is 1. The molecule has 5 rings (SSSR count). The molecule has 2 aromatic rings. The Bertz CT molecular complexity index is 898. The lowest BCUT2D eigenvalue weighted by atomic mass is 9.84. The van der Waals surface area contributed by atoms with Gasteiger partial charge < -0.3 is 4.90 Å². The van der Waals surface area contributed by atoms with Crippen LogP contribution in [0.4, 0.5) is 5.69 Å². The van der Waals surface area contributed by atoms with E-state index in [1.54, 1.807) is 11.8 Å². The van der Waals surface area contributed by atoms with Crippen molar-refractivity contribution in [2.75, 3.05) is 11.4 Å². The molecular weight excluding hydrogens is 396 g/mol. The molecule has 2 aromatic carbocycles. The van der Waals surface area contributed by atoms with Gasteiger partial charge in [0.2, 0.25) is 0 Å². The second-order valence-electron chi connectivity index (χ2n) is 6.88. The van der Waals surface area contributed by atoms with Gasteiger partial charge in [0.1, 0.15) is 9.79 Å². The van der Waals surface area contributed by atoms with E-state index >= 15 is 0 Å². The summed E-state index contributed by atoms with van der Waals surface area (Å²) in [6, 6.07) is 16.8. The normalized spacial score (nSPS) is 27.4. The van der Waals surface area contributed by atoms with Gasteiger partial charge in [0.05, 0.1) is 6.04 Å². The summed E-state index contributed by atoms with van der Waals surface area (Å²) in [5.41, 5.74) is 3.58. The molecule has 0 aromatic heterocycles. The van der Waals surface area contributed by atoms with Crippen molar-refractivity contribution in [2.45, 2.75) is 30.1 Å². The summed E-state index contributed by atoms with van der Waals surface area (Å²) in [6.45, 7) is 1.02. The zero-order chi connectivity index (χ0) is 17.0. The molecule has 0 radical (unpaired) electrons. The molecule has 1 saturated heterocycles. The first-order chi connectivity index (χ1) is 12.2. The van der Waals surface area contributed by atoms with E-state index in [1.165, 1.54) is 11.3 Å². The van der Waals surface area contributed by atoms with E-state index < -0.39 is 4.75 Å². The van der Waals surface area contributed by atoms with Gasteiger partial charge in [-0.1, -0.05) is 58.0 Å². The number of anilines is 1. The summed E-state index contributed by atoms with van der Waals surface area (Å²) in [5, 5.41) is 0.871. The Kier molecular flexibility index (Phi) is 3.57. The minimum absolute atomic E-state index is 0.0406. The Hall–Kier alpha value is -1.59. The number of carbonyl (C=O) groups excluding carboxylic acids is 1. The van der Waals surface area contributed by atoms with Crippen LogP contribution >= 0.6 is 27.7 Å². The number of thioether (sulfide) groups is 1. The molecule has 25 heavy (non-hydrogen) atoms. The van der Waals surface area contributed by atoms with Crippen molar-refractivity contribution < 1.29 is 4.79 Å². The van der Waals surface area contributed by atoms with E-state index in [0.717, 1.165) is 40.9 Å². The van der Waals surface area contributed by atoms with Gasteiger partial charge in [-0.3, -0.25) is 4.79 Å². The predicted octanol–water partition coefficient (Wildman–Crippen LogP) is 4.43. The molecule has 3 heterocycles. The van der Waals surface area contributed by atoms with E-state index in [9.17, 15) is 4.79 Å². The number of nitrogens with zero attached hydrogens (tertiary/aromatic N) is 2. The van der Waals surface area contributed by atoms with E-state index in [0.29, 0.717) is 0 Å². The van der Waals surface area contributed by atoms with Crippen molar-refractivity contribution >= 4 is 44.3 Å². The molecule has 1 spiro atoms. The first kappa shape index (κ1) is 15.6. The molecule has 2 atom stereocenters. The fourth-order valence-corrected chi connectivity index (χ4v) is 6.25. The molecule has 3 aliphatic heterocycles. The average molecular weight is 413 g/mol. The van der Waals surface area contributed by atoms with Crippen molar-refractivity contribution in [1.82, 2.24) is 0 Å². The van der Waals surface area contributed by atoms with Gasteiger partial charge in [-0.05, 0) is 36.6 Å². The second kappa shape index (κ2) is 5.71. The highest BCUT2D eigenvalue weighted by molar-refractivity contribution is 9.10. The van der Waals surface area contributed by atoms with E-state index in [1.807, 2.05) is 30.3 Å². The quantitative estimate of drug-likeness (QED) is 0.694. The molecule has 0 N–H and O–H groups in total. The van der Waals surface area contributed by atoms with E-state index in [4.69, 9.17) is 0 Å². The van der Waals surface area contributed by atoms with E-state index in [2.05, 4.69) is 44.0 Å². The van der Waals surface area contributed by atoms with E-state index in [-0.39, 0.29) is 11.9 Å². The summed E-state index contributed by atoms with van der Waals surface area (Å²) < 4.78 is 0.592. The third kappa shape index (κ3) is 2.32. The van der Waals surface area contributed by atoms with Crippen molar-refractivity contribution in [3.05, 3.63) is 64.1 Å². The van der Waals surface area contributed by atoms with Crippen molar-refractivity contribution in [3.63, 3.8) is 0 Å². The number of carbonyl (C=O) groups is 1. The van der Waals surface area contributed by atoms with Crippen molar-refractivity contribution in [2.24, 2.45) is 4.99 Å². The summed E-state index contributed by atoms with van der Waals surface area (Å²) in [5.74, 6) is 0.0406. The first-order valence-corrected chi connectivity index (χ1v) is 10.2. The van der Waals surface area contributed by atoms with Gasteiger partial charge >= 0.3 is 0 Å². The van der Waals surface area contributed by atoms with Crippen LogP contribution < -0.4 is 4.90 Å². The minimum Gasteiger partial charge on any atom is -0.366 e. The number of benzene rings is 2. The molecule has 0 aliphatic carbocycles. The fraction of sp³-hybridized carbons (Fsp3) is 0.300. The van der Waals surface area contributed by atoms with Gasteiger partial charge in [0, 0.05) is 28.7 Å². The van der Waals surface area contributed by atoms with Crippen LogP contribution in [0.3, 0.4) is 0 Å². The summed E-state index contributed by atoms with van der Waals surface area (Å²) in [7, 11) is 0. The second-order valence-corrected chi connectivity index (χ2v) is 9.12. The summed E-state index contributed by atoms with van der Waals surface area (Å²) in [4.78, 5) is 20.1. The maximum atomic E-state index is 13.1. The first-order valence-electron chi connectivity index (χ1n) is 8.60. The fourth-order valence-electron chi connectivity index (χ4n) is 4.37. The lowest BCUT2D eigenvalue weighted by Gasteiger charge is -2.44.